The predicted molar refractivity (Wildman–Crippen MR) is 113 cm³/mol. The van der Waals surface area contributed by atoms with Crippen molar-refractivity contribution in [2.24, 2.45) is 7.05 Å². The number of hydrogen-bond acceptors (Lipinski definition) is 7. The molecule has 0 aliphatic carbocycles. The zero-order valence-corrected chi connectivity index (χ0v) is 17.8. The number of hydrogen-bond donors (Lipinski definition) is 2. The lowest BCUT2D eigenvalue weighted by Crippen LogP contribution is -2.38. The van der Waals surface area contributed by atoms with Crippen LogP contribution in [0.25, 0.3) is 11.0 Å². The summed E-state index contributed by atoms with van der Waals surface area (Å²) in [5.41, 5.74) is -1.52. The molecule has 1 aliphatic heterocycles. The average molecular weight is 416 g/mol. The third-order valence-corrected chi connectivity index (χ3v) is 4.91. The number of nitrogens with one attached hydrogen (secondary N) is 1. The van der Waals surface area contributed by atoms with Gasteiger partial charge in [0.15, 0.2) is 0 Å². The van der Waals surface area contributed by atoms with E-state index >= 15 is 0 Å². The Morgan fingerprint density at radius 1 is 1.20 bits per heavy atom. The van der Waals surface area contributed by atoms with E-state index in [1.165, 1.54) is 18.0 Å². The molecule has 0 aromatic carbocycles. The van der Waals surface area contributed by atoms with Crippen LogP contribution in [-0.4, -0.2) is 51.8 Å². The Labute approximate surface area is 174 Å². The molecule has 1 saturated heterocycles. The molecule has 1 amide bonds. The molecule has 162 valence electrons. The molecule has 0 spiro atoms. The largest absolute Gasteiger partial charge is 0.506 e. The van der Waals surface area contributed by atoms with E-state index in [9.17, 15) is 19.5 Å². The van der Waals surface area contributed by atoms with Crippen LogP contribution >= 0.6 is 0 Å². The molecule has 1 fully saturated rings. The molecule has 2 N–H and O–H groups in total. The minimum atomic E-state index is -0.846. The average Bonchev–Trinajstić information content (AvgIpc) is 2.70. The van der Waals surface area contributed by atoms with Gasteiger partial charge in [-0.05, 0) is 52.2 Å². The molecule has 3 rings (SSSR count). The maximum Gasteiger partial charge on any atom is 0.325 e. The number of anilines is 1. The van der Waals surface area contributed by atoms with E-state index in [4.69, 9.17) is 4.74 Å². The zero-order valence-electron chi connectivity index (χ0n) is 17.8. The lowest BCUT2D eigenvalue weighted by Gasteiger charge is -2.28. The van der Waals surface area contributed by atoms with Crippen LogP contribution in [-0.2, 0) is 16.6 Å². The van der Waals surface area contributed by atoms with Crippen LogP contribution < -0.4 is 15.8 Å². The van der Waals surface area contributed by atoms with Crippen molar-refractivity contribution < 1.29 is 19.4 Å². The fourth-order valence-electron chi connectivity index (χ4n) is 3.50. The predicted octanol–water partition coefficient (Wildman–Crippen LogP) is 1.70. The van der Waals surface area contributed by atoms with Crippen molar-refractivity contribution in [2.45, 2.75) is 45.6 Å². The number of aryl methyl sites for hydroxylation is 1. The molecule has 2 aromatic rings. The van der Waals surface area contributed by atoms with E-state index in [0.717, 1.165) is 31.7 Å². The number of fused-ring (bicyclic) bond motifs is 1. The fourth-order valence-corrected chi connectivity index (χ4v) is 3.50. The molecule has 0 atom stereocenters. The van der Waals surface area contributed by atoms with Crippen LogP contribution in [0.1, 0.15) is 50.4 Å². The lowest BCUT2D eigenvalue weighted by molar-refractivity contribution is -0.153. The molecule has 2 aromatic heterocycles. The second kappa shape index (κ2) is 8.33. The molecule has 9 nitrogen and oxygen atoms in total. The smallest absolute Gasteiger partial charge is 0.325 e. The Morgan fingerprint density at radius 3 is 2.50 bits per heavy atom. The van der Waals surface area contributed by atoms with Crippen molar-refractivity contribution in [1.29, 1.82) is 0 Å². The summed E-state index contributed by atoms with van der Waals surface area (Å²) >= 11 is 0. The molecule has 0 radical (unpaired) electrons. The second-order valence-electron chi connectivity index (χ2n) is 8.45. The minimum absolute atomic E-state index is 0.292. The summed E-state index contributed by atoms with van der Waals surface area (Å²) in [6.45, 7) is 6.50. The summed E-state index contributed by atoms with van der Waals surface area (Å²) in [5.74, 6) is -1.20. The van der Waals surface area contributed by atoms with Gasteiger partial charge in [0, 0.05) is 20.1 Å². The van der Waals surface area contributed by atoms with Gasteiger partial charge in [0.2, 0.25) is 0 Å². The highest BCUT2D eigenvalue weighted by Crippen LogP contribution is 2.28. The Hall–Kier alpha value is -3.10. The van der Waals surface area contributed by atoms with Crippen molar-refractivity contribution >= 4 is 28.7 Å². The number of piperidine rings is 1. The standard InChI is InChI=1S/C21H28N4O5/c1-21(2,3)30-15(26)12-22-19(28)16-17(27)13-8-9-14(25-10-6-5-7-11-25)23-18(13)24(4)20(16)29/h8-9,27H,5-7,10-12H2,1-4H3,(H,22,28). The van der Waals surface area contributed by atoms with Crippen LogP contribution in [0, 0.1) is 0 Å². The Kier molecular flexibility index (Phi) is 6.00. The highest BCUT2D eigenvalue weighted by Gasteiger charge is 2.24. The van der Waals surface area contributed by atoms with Crippen molar-refractivity contribution in [3.05, 3.63) is 28.0 Å². The number of carbonyl (C=O) groups is 2. The van der Waals surface area contributed by atoms with Gasteiger partial charge in [-0.3, -0.25) is 19.0 Å². The van der Waals surface area contributed by atoms with Gasteiger partial charge in [-0.1, -0.05) is 0 Å². The first kappa shape index (κ1) is 21.6. The van der Waals surface area contributed by atoms with Gasteiger partial charge in [-0.2, -0.15) is 0 Å². The van der Waals surface area contributed by atoms with E-state index < -0.39 is 40.9 Å². The first-order valence-corrected chi connectivity index (χ1v) is 10.1. The highest BCUT2D eigenvalue weighted by molar-refractivity contribution is 6.02. The molecular weight excluding hydrogens is 388 g/mol. The summed E-state index contributed by atoms with van der Waals surface area (Å²) in [6, 6.07) is 3.44. The van der Waals surface area contributed by atoms with Crippen LogP contribution in [0.5, 0.6) is 5.75 Å². The lowest BCUT2D eigenvalue weighted by atomic mass is 10.1. The maximum absolute atomic E-state index is 12.8. The third-order valence-electron chi connectivity index (χ3n) is 4.91. The zero-order chi connectivity index (χ0) is 22.1. The summed E-state index contributed by atoms with van der Waals surface area (Å²) in [7, 11) is 1.50. The Bertz CT molecular complexity index is 1030. The summed E-state index contributed by atoms with van der Waals surface area (Å²) in [6.07, 6.45) is 3.35. The van der Waals surface area contributed by atoms with Gasteiger partial charge < -0.3 is 20.1 Å². The molecular formula is C21H28N4O5. The van der Waals surface area contributed by atoms with Crippen LogP contribution in [0.3, 0.4) is 0 Å². The topological polar surface area (TPSA) is 114 Å². The highest BCUT2D eigenvalue weighted by atomic mass is 16.6. The maximum atomic E-state index is 12.8. The van der Waals surface area contributed by atoms with E-state index in [-0.39, 0.29) is 0 Å². The van der Waals surface area contributed by atoms with Gasteiger partial charge in [0.25, 0.3) is 11.5 Å². The Morgan fingerprint density at radius 2 is 1.87 bits per heavy atom. The second-order valence-corrected chi connectivity index (χ2v) is 8.45. The van der Waals surface area contributed by atoms with Crippen molar-refractivity contribution in [3.8, 4) is 5.75 Å². The number of carbonyl (C=O) groups excluding carboxylic acids is 2. The number of aromatic hydroxyl groups is 1. The number of ether oxygens (including phenoxy) is 1. The number of pyridine rings is 2. The molecule has 0 unspecified atom stereocenters. The van der Waals surface area contributed by atoms with Gasteiger partial charge in [-0.25, -0.2) is 4.98 Å². The molecule has 0 bridgehead atoms. The van der Waals surface area contributed by atoms with Crippen LogP contribution in [0.2, 0.25) is 0 Å². The number of amides is 1. The molecule has 9 heteroatoms. The SMILES string of the molecule is Cn1c(=O)c(C(=O)NCC(=O)OC(C)(C)C)c(O)c2ccc(N3CCCCC3)nc21. The van der Waals surface area contributed by atoms with Crippen molar-refractivity contribution in [2.75, 3.05) is 24.5 Å². The first-order chi connectivity index (χ1) is 14.1. The first-order valence-electron chi connectivity index (χ1n) is 10.1. The summed E-state index contributed by atoms with van der Waals surface area (Å²) in [5, 5.41) is 13.3. The van der Waals surface area contributed by atoms with Gasteiger partial charge >= 0.3 is 5.97 Å². The Balaban J connectivity index is 1.90. The molecule has 30 heavy (non-hydrogen) atoms. The molecule has 3 heterocycles. The monoisotopic (exact) mass is 416 g/mol. The van der Waals surface area contributed by atoms with E-state index in [0.29, 0.717) is 11.0 Å². The molecule has 0 saturated carbocycles. The van der Waals surface area contributed by atoms with Gasteiger partial charge in [0.1, 0.15) is 34.9 Å². The quantitative estimate of drug-likeness (QED) is 0.729. The normalized spacial score (nSPS) is 14.6. The van der Waals surface area contributed by atoms with Crippen molar-refractivity contribution in [1.82, 2.24) is 14.9 Å². The minimum Gasteiger partial charge on any atom is -0.506 e. The summed E-state index contributed by atoms with van der Waals surface area (Å²) < 4.78 is 6.38. The van der Waals surface area contributed by atoms with E-state index in [1.807, 2.05) is 0 Å². The van der Waals surface area contributed by atoms with Crippen LogP contribution in [0.4, 0.5) is 5.82 Å². The third kappa shape index (κ3) is 4.55. The van der Waals surface area contributed by atoms with Gasteiger partial charge in [0.05, 0.1) is 5.39 Å². The number of nitrogens with zero attached hydrogens (tertiary/aromatic N) is 3. The summed E-state index contributed by atoms with van der Waals surface area (Å²) in [4.78, 5) is 43.9. The van der Waals surface area contributed by atoms with Crippen LogP contribution in [0.15, 0.2) is 16.9 Å². The van der Waals surface area contributed by atoms with E-state index in [1.54, 1.807) is 32.9 Å². The van der Waals surface area contributed by atoms with Crippen molar-refractivity contribution in [3.63, 3.8) is 0 Å². The number of aromatic nitrogens is 2. The number of esters is 1. The fraction of sp³-hybridized carbons (Fsp3) is 0.524. The van der Waals surface area contributed by atoms with E-state index in [2.05, 4.69) is 15.2 Å². The molecule has 1 aliphatic rings. The van der Waals surface area contributed by atoms with Gasteiger partial charge in [-0.15, -0.1) is 0 Å². The number of rotatable bonds is 4.